The highest BCUT2D eigenvalue weighted by Crippen LogP contribution is 2.29. The largest absolute Gasteiger partial charge is 0.478 e. The maximum absolute atomic E-state index is 11.4. The van der Waals surface area contributed by atoms with Gasteiger partial charge in [0, 0.05) is 13.1 Å². The normalized spacial score (nSPS) is 21.8. The van der Waals surface area contributed by atoms with E-state index in [1.165, 1.54) is 0 Å². The Kier molecular flexibility index (Phi) is 4.01. The fourth-order valence-electron chi connectivity index (χ4n) is 2.66. The van der Waals surface area contributed by atoms with E-state index >= 15 is 0 Å². The second kappa shape index (κ2) is 5.42. The molecule has 20 heavy (non-hydrogen) atoms. The predicted octanol–water partition coefficient (Wildman–Crippen LogP) is 1.67. The number of hydrogen-bond donors (Lipinski definition) is 2. The SMILES string of the molecule is Cc1ccc(C(=O)O)c(N2CC(CO)OC(C)(C)C2)c1. The summed E-state index contributed by atoms with van der Waals surface area (Å²) in [5.74, 6) is -0.940. The van der Waals surface area contributed by atoms with Crippen molar-refractivity contribution in [2.45, 2.75) is 32.5 Å². The zero-order valence-electron chi connectivity index (χ0n) is 12.1. The number of rotatable bonds is 3. The van der Waals surface area contributed by atoms with E-state index in [9.17, 15) is 15.0 Å². The monoisotopic (exact) mass is 279 g/mol. The third-order valence-electron chi connectivity index (χ3n) is 3.41. The fraction of sp³-hybridized carbons (Fsp3) is 0.533. The van der Waals surface area contributed by atoms with E-state index in [2.05, 4.69) is 0 Å². The Morgan fingerprint density at radius 2 is 2.20 bits per heavy atom. The first-order valence-corrected chi connectivity index (χ1v) is 6.70. The Balaban J connectivity index is 2.39. The lowest BCUT2D eigenvalue weighted by molar-refractivity contribution is -0.101. The highest BCUT2D eigenvalue weighted by atomic mass is 16.5. The summed E-state index contributed by atoms with van der Waals surface area (Å²) in [6.45, 7) is 6.82. The number of benzene rings is 1. The molecule has 1 fully saturated rings. The summed E-state index contributed by atoms with van der Waals surface area (Å²) in [4.78, 5) is 13.4. The van der Waals surface area contributed by atoms with Crippen LogP contribution in [0.1, 0.15) is 29.8 Å². The number of morpholine rings is 1. The van der Waals surface area contributed by atoms with E-state index in [0.717, 1.165) is 5.56 Å². The molecule has 0 spiro atoms. The molecule has 1 aliphatic heterocycles. The molecule has 0 amide bonds. The van der Waals surface area contributed by atoms with Gasteiger partial charge in [0.2, 0.25) is 0 Å². The summed E-state index contributed by atoms with van der Waals surface area (Å²) in [7, 11) is 0. The zero-order chi connectivity index (χ0) is 14.9. The highest BCUT2D eigenvalue weighted by molar-refractivity contribution is 5.94. The molecular weight excluding hydrogens is 258 g/mol. The van der Waals surface area contributed by atoms with Crippen molar-refractivity contribution in [2.24, 2.45) is 0 Å². The topological polar surface area (TPSA) is 70.0 Å². The predicted molar refractivity (Wildman–Crippen MR) is 76.4 cm³/mol. The molecule has 0 radical (unpaired) electrons. The first kappa shape index (κ1) is 14.8. The van der Waals surface area contributed by atoms with Gasteiger partial charge in [-0.1, -0.05) is 6.07 Å². The first-order valence-electron chi connectivity index (χ1n) is 6.70. The van der Waals surface area contributed by atoms with Crippen molar-refractivity contribution in [3.8, 4) is 0 Å². The van der Waals surface area contributed by atoms with Crippen LogP contribution in [0.4, 0.5) is 5.69 Å². The number of hydrogen-bond acceptors (Lipinski definition) is 4. The molecule has 1 saturated heterocycles. The van der Waals surface area contributed by atoms with Gasteiger partial charge in [-0.3, -0.25) is 0 Å². The maximum Gasteiger partial charge on any atom is 0.337 e. The lowest BCUT2D eigenvalue weighted by Crippen LogP contribution is -2.54. The van der Waals surface area contributed by atoms with Gasteiger partial charge in [-0.25, -0.2) is 4.79 Å². The smallest absolute Gasteiger partial charge is 0.337 e. The van der Waals surface area contributed by atoms with Crippen molar-refractivity contribution >= 4 is 11.7 Å². The number of nitrogens with zero attached hydrogens (tertiary/aromatic N) is 1. The van der Waals surface area contributed by atoms with Crippen molar-refractivity contribution in [1.29, 1.82) is 0 Å². The van der Waals surface area contributed by atoms with E-state index in [0.29, 0.717) is 18.8 Å². The molecule has 0 aromatic heterocycles. The highest BCUT2D eigenvalue weighted by Gasteiger charge is 2.34. The van der Waals surface area contributed by atoms with Crippen LogP contribution in [0.2, 0.25) is 0 Å². The van der Waals surface area contributed by atoms with E-state index in [4.69, 9.17) is 4.74 Å². The molecule has 1 heterocycles. The molecule has 2 N–H and O–H groups in total. The molecule has 1 unspecified atom stereocenters. The zero-order valence-corrected chi connectivity index (χ0v) is 12.1. The molecule has 1 aromatic carbocycles. The second-order valence-electron chi connectivity index (χ2n) is 5.89. The average molecular weight is 279 g/mol. The molecule has 1 atom stereocenters. The Bertz CT molecular complexity index is 513. The summed E-state index contributed by atoms with van der Waals surface area (Å²) in [6, 6.07) is 5.30. The molecule has 1 aliphatic rings. The summed E-state index contributed by atoms with van der Waals surface area (Å²) in [5, 5.41) is 18.7. The lowest BCUT2D eigenvalue weighted by atomic mass is 10.0. The van der Waals surface area contributed by atoms with Gasteiger partial charge in [0.1, 0.15) is 0 Å². The van der Waals surface area contributed by atoms with Crippen LogP contribution < -0.4 is 4.90 Å². The van der Waals surface area contributed by atoms with Gasteiger partial charge < -0.3 is 19.8 Å². The minimum atomic E-state index is -0.940. The number of aliphatic hydroxyl groups is 1. The van der Waals surface area contributed by atoms with Crippen LogP contribution in [0.15, 0.2) is 18.2 Å². The Morgan fingerprint density at radius 3 is 2.80 bits per heavy atom. The standard InChI is InChI=1S/C15H21NO4/c1-10-4-5-12(14(18)19)13(6-10)16-7-11(8-17)20-15(2,3)9-16/h4-6,11,17H,7-9H2,1-3H3,(H,18,19). The molecule has 5 nitrogen and oxygen atoms in total. The second-order valence-corrected chi connectivity index (χ2v) is 5.89. The Labute approximate surface area is 118 Å². The molecule has 2 rings (SSSR count). The minimum absolute atomic E-state index is 0.0752. The van der Waals surface area contributed by atoms with Crippen molar-refractivity contribution in [2.75, 3.05) is 24.6 Å². The number of anilines is 1. The van der Waals surface area contributed by atoms with Crippen LogP contribution in [0.5, 0.6) is 0 Å². The number of carbonyl (C=O) groups is 1. The minimum Gasteiger partial charge on any atom is -0.478 e. The van der Waals surface area contributed by atoms with Crippen LogP contribution in [0, 0.1) is 6.92 Å². The van der Waals surface area contributed by atoms with Gasteiger partial charge in [0.05, 0.1) is 29.6 Å². The Morgan fingerprint density at radius 1 is 1.50 bits per heavy atom. The lowest BCUT2D eigenvalue weighted by Gasteiger charge is -2.43. The first-order chi connectivity index (χ1) is 9.32. The quantitative estimate of drug-likeness (QED) is 0.880. The van der Waals surface area contributed by atoms with Crippen LogP contribution >= 0.6 is 0 Å². The van der Waals surface area contributed by atoms with Gasteiger partial charge in [-0.05, 0) is 38.5 Å². The third-order valence-corrected chi connectivity index (χ3v) is 3.41. The summed E-state index contributed by atoms with van der Waals surface area (Å²) in [6.07, 6.45) is -0.305. The summed E-state index contributed by atoms with van der Waals surface area (Å²) in [5.41, 5.74) is 1.55. The van der Waals surface area contributed by atoms with Crippen molar-refractivity contribution in [1.82, 2.24) is 0 Å². The number of carboxylic acids is 1. The molecule has 1 aromatic rings. The van der Waals surface area contributed by atoms with Crippen LogP contribution in [-0.4, -0.2) is 47.6 Å². The number of carboxylic acid groups (broad SMARTS) is 1. The van der Waals surface area contributed by atoms with E-state index in [1.54, 1.807) is 12.1 Å². The van der Waals surface area contributed by atoms with Gasteiger partial charge in [-0.15, -0.1) is 0 Å². The Hall–Kier alpha value is -1.59. The number of aryl methyl sites for hydroxylation is 1. The van der Waals surface area contributed by atoms with E-state index in [-0.39, 0.29) is 18.3 Å². The van der Waals surface area contributed by atoms with E-state index in [1.807, 2.05) is 31.7 Å². The van der Waals surface area contributed by atoms with Crippen molar-refractivity contribution in [3.63, 3.8) is 0 Å². The van der Waals surface area contributed by atoms with Gasteiger partial charge >= 0.3 is 5.97 Å². The number of aliphatic hydroxyl groups excluding tert-OH is 1. The molecular formula is C15H21NO4. The summed E-state index contributed by atoms with van der Waals surface area (Å²) >= 11 is 0. The van der Waals surface area contributed by atoms with Crippen LogP contribution in [-0.2, 0) is 4.74 Å². The van der Waals surface area contributed by atoms with Gasteiger partial charge in [0.15, 0.2) is 0 Å². The van der Waals surface area contributed by atoms with Crippen LogP contribution in [0.3, 0.4) is 0 Å². The molecule has 0 bridgehead atoms. The van der Waals surface area contributed by atoms with Crippen LogP contribution in [0.25, 0.3) is 0 Å². The molecule has 0 saturated carbocycles. The number of aromatic carboxylic acids is 1. The third kappa shape index (κ3) is 3.11. The molecule has 5 heteroatoms. The molecule has 110 valence electrons. The van der Waals surface area contributed by atoms with Crippen molar-refractivity contribution in [3.05, 3.63) is 29.3 Å². The molecule has 0 aliphatic carbocycles. The summed E-state index contributed by atoms with van der Waals surface area (Å²) < 4.78 is 5.77. The van der Waals surface area contributed by atoms with Gasteiger partial charge in [-0.2, -0.15) is 0 Å². The van der Waals surface area contributed by atoms with Crippen molar-refractivity contribution < 1.29 is 19.7 Å². The maximum atomic E-state index is 11.4. The van der Waals surface area contributed by atoms with E-state index < -0.39 is 11.6 Å². The van der Waals surface area contributed by atoms with Gasteiger partial charge in [0.25, 0.3) is 0 Å². The average Bonchev–Trinajstić information content (AvgIpc) is 2.36. The fourth-order valence-corrected chi connectivity index (χ4v) is 2.66. The number of ether oxygens (including phenoxy) is 1.